The van der Waals surface area contributed by atoms with E-state index >= 15 is 0 Å². The second kappa shape index (κ2) is 5.53. The number of rotatable bonds is 3. The molecule has 114 valence electrons. The molecule has 0 amide bonds. The van der Waals surface area contributed by atoms with Crippen molar-refractivity contribution in [3.05, 3.63) is 41.1 Å². The van der Waals surface area contributed by atoms with E-state index in [4.69, 9.17) is 11.6 Å². The summed E-state index contributed by atoms with van der Waals surface area (Å²) in [5, 5.41) is 7.79. The molecule has 2 heterocycles. The lowest BCUT2D eigenvalue weighted by Crippen LogP contribution is -2.16. The van der Waals surface area contributed by atoms with Crippen LogP contribution in [0.4, 0.5) is 10.2 Å². The molecule has 0 bridgehead atoms. The molecule has 2 aromatic heterocycles. The van der Waals surface area contributed by atoms with E-state index in [1.807, 2.05) is 13.8 Å². The maximum absolute atomic E-state index is 14.4. The van der Waals surface area contributed by atoms with Crippen LogP contribution in [0.25, 0.3) is 16.9 Å². The smallest absolute Gasteiger partial charge is 0.254 e. The molecule has 1 aromatic carbocycles. The first-order valence-corrected chi connectivity index (χ1v) is 7.28. The van der Waals surface area contributed by atoms with Gasteiger partial charge in [-0.25, -0.2) is 9.37 Å². The summed E-state index contributed by atoms with van der Waals surface area (Å²) < 4.78 is 15.9. The molecule has 0 saturated heterocycles. The highest BCUT2D eigenvalue weighted by molar-refractivity contribution is 6.33. The molecular formula is C15H15ClFN5. The van der Waals surface area contributed by atoms with Gasteiger partial charge in [-0.15, -0.1) is 0 Å². The second-order valence-corrected chi connectivity index (χ2v) is 5.70. The summed E-state index contributed by atoms with van der Waals surface area (Å²) in [6.45, 7) is 5.79. The van der Waals surface area contributed by atoms with Crippen molar-refractivity contribution in [2.45, 2.75) is 26.8 Å². The van der Waals surface area contributed by atoms with Crippen LogP contribution in [-0.4, -0.2) is 25.6 Å². The molecule has 0 saturated carbocycles. The Bertz CT molecular complexity index is 823. The monoisotopic (exact) mass is 319 g/mol. The standard InChI is InChI=1S/C15H15ClFN5/c1-8(2)20-14-12(13-10(16)5-4-6-11(13)17)9(3)21-15-18-7-19-22(14)15/h4-8,20H,1-3H3. The average Bonchev–Trinajstić information content (AvgIpc) is 2.88. The molecule has 5 nitrogen and oxygen atoms in total. The predicted octanol–water partition coefficient (Wildman–Crippen LogP) is 3.71. The Morgan fingerprint density at radius 2 is 2.05 bits per heavy atom. The van der Waals surface area contributed by atoms with E-state index in [0.717, 1.165) is 0 Å². The Morgan fingerprint density at radius 1 is 1.27 bits per heavy atom. The SMILES string of the molecule is Cc1nc2ncnn2c(NC(C)C)c1-c1c(F)cccc1Cl. The number of nitrogens with zero attached hydrogens (tertiary/aromatic N) is 4. The van der Waals surface area contributed by atoms with Crippen LogP contribution in [0.15, 0.2) is 24.5 Å². The highest BCUT2D eigenvalue weighted by atomic mass is 35.5. The highest BCUT2D eigenvalue weighted by Crippen LogP contribution is 2.37. The van der Waals surface area contributed by atoms with Gasteiger partial charge in [-0.05, 0) is 32.9 Å². The molecule has 3 rings (SSSR count). The van der Waals surface area contributed by atoms with E-state index in [0.29, 0.717) is 33.4 Å². The maximum atomic E-state index is 14.4. The summed E-state index contributed by atoms with van der Waals surface area (Å²) in [6, 6.07) is 4.74. The molecule has 0 spiro atoms. The highest BCUT2D eigenvalue weighted by Gasteiger charge is 2.21. The largest absolute Gasteiger partial charge is 0.367 e. The number of benzene rings is 1. The van der Waals surface area contributed by atoms with E-state index in [9.17, 15) is 4.39 Å². The number of hydrogen-bond acceptors (Lipinski definition) is 4. The first-order chi connectivity index (χ1) is 10.5. The zero-order valence-electron chi connectivity index (χ0n) is 12.4. The number of halogens is 2. The van der Waals surface area contributed by atoms with Gasteiger partial charge < -0.3 is 5.32 Å². The third-order valence-corrected chi connectivity index (χ3v) is 3.56. The van der Waals surface area contributed by atoms with E-state index in [1.165, 1.54) is 12.4 Å². The summed E-state index contributed by atoms with van der Waals surface area (Å²) >= 11 is 6.23. The molecule has 0 fully saturated rings. The van der Waals surface area contributed by atoms with Crippen molar-refractivity contribution < 1.29 is 4.39 Å². The molecule has 0 aliphatic rings. The summed E-state index contributed by atoms with van der Waals surface area (Å²) in [5.41, 5.74) is 1.54. The van der Waals surface area contributed by atoms with Gasteiger partial charge in [0, 0.05) is 11.6 Å². The Labute approximate surface area is 132 Å². The fourth-order valence-electron chi connectivity index (χ4n) is 2.40. The van der Waals surface area contributed by atoms with Gasteiger partial charge in [0.15, 0.2) is 0 Å². The minimum absolute atomic E-state index is 0.124. The summed E-state index contributed by atoms with van der Waals surface area (Å²) in [7, 11) is 0. The van der Waals surface area contributed by atoms with Gasteiger partial charge in [0.2, 0.25) is 0 Å². The third-order valence-electron chi connectivity index (χ3n) is 3.25. The van der Waals surface area contributed by atoms with Crippen LogP contribution in [0.5, 0.6) is 0 Å². The average molecular weight is 320 g/mol. The summed E-state index contributed by atoms with van der Waals surface area (Å²) in [6.07, 6.45) is 1.42. The molecule has 0 unspecified atom stereocenters. The molecule has 3 aromatic rings. The number of anilines is 1. The van der Waals surface area contributed by atoms with Crippen LogP contribution in [-0.2, 0) is 0 Å². The van der Waals surface area contributed by atoms with Crippen LogP contribution in [0, 0.1) is 12.7 Å². The van der Waals surface area contributed by atoms with Crippen LogP contribution in [0.2, 0.25) is 5.02 Å². The number of hydrogen-bond donors (Lipinski definition) is 1. The Hall–Kier alpha value is -2.21. The number of aromatic nitrogens is 4. The van der Waals surface area contributed by atoms with E-state index < -0.39 is 5.82 Å². The molecule has 0 radical (unpaired) electrons. The van der Waals surface area contributed by atoms with E-state index in [2.05, 4.69) is 20.4 Å². The Balaban J connectivity index is 2.39. The Kier molecular flexibility index (Phi) is 3.70. The van der Waals surface area contributed by atoms with Crippen molar-refractivity contribution in [2.75, 3.05) is 5.32 Å². The molecule has 7 heteroatoms. The van der Waals surface area contributed by atoms with Crippen molar-refractivity contribution in [2.24, 2.45) is 0 Å². The molecule has 0 atom stereocenters. The van der Waals surface area contributed by atoms with Gasteiger partial charge in [-0.1, -0.05) is 17.7 Å². The van der Waals surface area contributed by atoms with Crippen molar-refractivity contribution in [1.29, 1.82) is 0 Å². The maximum Gasteiger partial charge on any atom is 0.254 e. The van der Waals surface area contributed by atoms with Gasteiger partial charge in [0.05, 0.1) is 16.3 Å². The van der Waals surface area contributed by atoms with Gasteiger partial charge >= 0.3 is 0 Å². The fraction of sp³-hybridized carbons (Fsp3) is 0.267. The number of aryl methyl sites for hydroxylation is 1. The number of nitrogens with one attached hydrogen (secondary N) is 1. The van der Waals surface area contributed by atoms with Crippen molar-refractivity contribution >= 4 is 23.2 Å². The first-order valence-electron chi connectivity index (χ1n) is 6.90. The van der Waals surface area contributed by atoms with Gasteiger partial charge in [-0.2, -0.15) is 14.6 Å². The molecular weight excluding hydrogens is 305 g/mol. The zero-order chi connectivity index (χ0) is 15.9. The summed E-state index contributed by atoms with van der Waals surface area (Å²) in [4.78, 5) is 8.49. The van der Waals surface area contributed by atoms with Gasteiger partial charge in [0.25, 0.3) is 5.78 Å². The van der Waals surface area contributed by atoms with Gasteiger partial charge in [0.1, 0.15) is 18.0 Å². The summed E-state index contributed by atoms with van der Waals surface area (Å²) in [5.74, 6) is 0.683. The zero-order valence-corrected chi connectivity index (χ0v) is 13.2. The Morgan fingerprint density at radius 3 is 2.73 bits per heavy atom. The minimum Gasteiger partial charge on any atom is -0.367 e. The van der Waals surface area contributed by atoms with E-state index in [-0.39, 0.29) is 6.04 Å². The number of fused-ring (bicyclic) bond motifs is 1. The predicted molar refractivity (Wildman–Crippen MR) is 84.7 cm³/mol. The van der Waals surface area contributed by atoms with Crippen LogP contribution < -0.4 is 5.32 Å². The fourth-order valence-corrected chi connectivity index (χ4v) is 2.65. The van der Waals surface area contributed by atoms with E-state index in [1.54, 1.807) is 23.6 Å². The quantitative estimate of drug-likeness (QED) is 0.799. The third kappa shape index (κ3) is 2.39. The second-order valence-electron chi connectivity index (χ2n) is 5.29. The van der Waals surface area contributed by atoms with Crippen molar-refractivity contribution in [1.82, 2.24) is 19.6 Å². The van der Waals surface area contributed by atoms with Crippen LogP contribution in [0.1, 0.15) is 19.5 Å². The molecule has 0 aliphatic heterocycles. The topological polar surface area (TPSA) is 55.1 Å². The lowest BCUT2D eigenvalue weighted by Gasteiger charge is -2.18. The molecule has 22 heavy (non-hydrogen) atoms. The molecule has 1 N–H and O–H groups in total. The van der Waals surface area contributed by atoms with Gasteiger partial charge in [-0.3, -0.25) is 0 Å². The van der Waals surface area contributed by atoms with Crippen LogP contribution in [0.3, 0.4) is 0 Å². The lowest BCUT2D eigenvalue weighted by atomic mass is 10.0. The van der Waals surface area contributed by atoms with Crippen molar-refractivity contribution in [3.63, 3.8) is 0 Å². The van der Waals surface area contributed by atoms with Crippen molar-refractivity contribution in [3.8, 4) is 11.1 Å². The first kappa shape index (κ1) is 14.7. The minimum atomic E-state index is -0.399. The molecule has 0 aliphatic carbocycles. The lowest BCUT2D eigenvalue weighted by molar-refractivity contribution is 0.631. The van der Waals surface area contributed by atoms with Crippen LogP contribution >= 0.6 is 11.6 Å². The normalized spacial score (nSPS) is 11.4.